The maximum absolute atomic E-state index is 12.1. The molecule has 2 rings (SSSR count). The molecule has 1 fully saturated rings. The third-order valence-corrected chi connectivity index (χ3v) is 4.21. The van der Waals surface area contributed by atoms with Crippen molar-refractivity contribution in [1.82, 2.24) is 10.2 Å². The molecule has 6 heteroatoms. The predicted octanol–water partition coefficient (Wildman–Crippen LogP) is 1.77. The maximum Gasteiger partial charge on any atom is 0.239 e. The van der Waals surface area contributed by atoms with Gasteiger partial charge in [-0.1, -0.05) is 6.42 Å². The minimum atomic E-state index is -0.118. The molecular formula is C18H26N2O4. The summed E-state index contributed by atoms with van der Waals surface area (Å²) in [6, 6.07) is 5.60. The molecule has 2 amide bonds. The topological polar surface area (TPSA) is 67.9 Å². The minimum absolute atomic E-state index is 0.0807. The molecule has 1 N–H and O–H groups in total. The fourth-order valence-corrected chi connectivity index (χ4v) is 2.85. The first-order chi connectivity index (χ1) is 11.6. The van der Waals surface area contributed by atoms with Crippen molar-refractivity contribution in [1.29, 1.82) is 0 Å². The van der Waals surface area contributed by atoms with E-state index in [1.165, 1.54) is 0 Å². The molecule has 0 bridgehead atoms. The van der Waals surface area contributed by atoms with Gasteiger partial charge < -0.3 is 19.7 Å². The van der Waals surface area contributed by atoms with Gasteiger partial charge in [0.2, 0.25) is 11.8 Å². The summed E-state index contributed by atoms with van der Waals surface area (Å²) in [5, 5.41) is 2.88. The highest BCUT2D eigenvalue weighted by Gasteiger charge is 2.19. The monoisotopic (exact) mass is 334 g/mol. The molecule has 0 spiro atoms. The number of nitrogens with one attached hydrogen (secondary N) is 1. The summed E-state index contributed by atoms with van der Waals surface area (Å²) in [6.45, 7) is 1.31. The smallest absolute Gasteiger partial charge is 0.239 e. The molecule has 1 heterocycles. The van der Waals surface area contributed by atoms with Gasteiger partial charge in [-0.05, 0) is 43.0 Å². The summed E-state index contributed by atoms with van der Waals surface area (Å²) in [6.07, 6.45) is 4.14. The zero-order valence-corrected chi connectivity index (χ0v) is 14.5. The van der Waals surface area contributed by atoms with Crippen LogP contribution in [0, 0.1) is 0 Å². The van der Waals surface area contributed by atoms with Crippen molar-refractivity contribution in [3.63, 3.8) is 0 Å². The summed E-state index contributed by atoms with van der Waals surface area (Å²) in [4.78, 5) is 25.7. The Labute approximate surface area is 143 Å². The number of methoxy groups -OCH3 is 2. The highest BCUT2D eigenvalue weighted by molar-refractivity contribution is 5.84. The SMILES string of the molecule is COc1ccc(OC)c(CCNC(=O)CN2CCCCCC2=O)c1. The maximum atomic E-state index is 12.1. The number of benzene rings is 1. The highest BCUT2D eigenvalue weighted by Crippen LogP contribution is 2.24. The number of likely N-dealkylation sites (tertiary alicyclic amines) is 1. The van der Waals surface area contributed by atoms with Crippen molar-refractivity contribution in [2.45, 2.75) is 32.1 Å². The van der Waals surface area contributed by atoms with Crippen molar-refractivity contribution < 1.29 is 19.1 Å². The normalized spacial score (nSPS) is 14.9. The lowest BCUT2D eigenvalue weighted by molar-refractivity contribution is -0.135. The van der Waals surface area contributed by atoms with Gasteiger partial charge in [0.15, 0.2) is 0 Å². The summed E-state index contributed by atoms with van der Waals surface area (Å²) < 4.78 is 10.5. The molecule has 1 saturated heterocycles. The molecule has 1 aromatic rings. The van der Waals surface area contributed by atoms with Crippen molar-refractivity contribution in [2.75, 3.05) is 33.9 Å². The molecule has 0 unspecified atom stereocenters. The molecule has 0 aliphatic carbocycles. The summed E-state index contributed by atoms with van der Waals surface area (Å²) in [5.74, 6) is 1.49. The molecule has 0 atom stereocenters. The van der Waals surface area contributed by atoms with E-state index < -0.39 is 0 Å². The van der Waals surface area contributed by atoms with Gasteiger partial charge in [0.25, 0.3) is 0 Å². The second kappa shape index (κ2) is 9.15. The van der Waals surface area contributed by atoms with Crippen LogP contribution in [-0.2, 0) is 16.0 Å². The second-order valence-electron chi connectivity index (χ2n) is 5.90. The fourth-order valence-electron chi connectivity index (χ4n) is 2.85. The average Bonchev–Trinajstić information content (AvgIpc) is 2.79. The van der Waals surface area contributed by atoms with Crippen molar-refractivity contribution in [3.8, 4) is 11.5 Å². The molecule has 0 aromatic heterocycles. The molecule has 1 aliphatic heterocycles. The quantitative estimate of drug-likeness (QED) is 0.825. The van der Waals surface area contributed by atoms with Crippen LogP contribution in [0.15, 0.2) is 18.2 Å². The molecule has 0 radical (unpaired) electrons. The Bertz CT molecular complexity index is 574. The fraction of sp³-hybridized carbons (Fsp3) is 0.556. The first kappa shape index (κ1) is 18.1. The van der Waals surface area contributed by atoms with Crippen LogP contribution in [0.3, 0.4) is 0 Å². The van der Waals surface area contributed by atoms with Gasteiger partial charge in [-0.25, -0.2) is 0 Å². The summed E-state index contributed by atoms with van der Waals surface area (Å²) >= 11 is 0. The molecular weight excluding hydrogens is 308 g/mol. The lowest BCUT2D eigenvalue weighted by Gasteiger charge is -2.19. The Balaban J connectivity index is 1.83. The van der Waals surface area contributed by atoms with E-state index in [2.05, 4.69) is 5.32 Å². The molecule has 24 heavy (non-hydrogen) atoms. The molecule has 0 saturated carbocycles. The van der Waals surface area contributed by atoms with E-state index in [1.807, 2.05) is 18.2 Å². The molecule has 1 aromatic carbocycles. The van der Waals surface area contributed by atoms with Crippen LogP contribution in [0.5, 0.6) is 11.5 Å². The van der Waals surface area contributed by atoms with Crippen molar-refractivity contribution >= 4 is 11.8 Å². The average molecular weight is 334 g/mol. The summed E-state index contributed by atoms with van der Waals surface area (Å²) in [7, 11) is 3.24. The van der Waals surface area contributed by atoms with Crippen LogP contribution >= 0.6 is 0 Å². The summed E-state index contributed by atoms with van der Waals surface area (Å²) in [5.41, 5.74) is 0.975. The van der Waals surface area contributed by atoms with E-state index in [4.69, 9.17) is 9.47 Å². The predicted molar refractivity (Wildman–Crippen MR) is 91.3 cm³/mol. The highest BCUT2D eigenvalue weighted by atomic mass is 16.5. The minimum Gasteiger partial charge on any atom is -0.497 e. The third-order valence-electron chi connectivity index (χ3n) is 4.21. The van der Waals surface area contributed by atoms with E-state index >= 15 is 0 Å². The Hall–Kier alpha value is -2.24. The Morgan fingerprint density at radius 1 is 1.21 bits per heavy atom. The third kappa shape index (κ3) is 5.15. The molecule has 6 nitrogen and oxygen atoms in total. The van der Waals surface area contributed by atoms with Crippen molar-refractivity contribution in [2.24, 2.45) is 0 Å². The van der Waals surface area contributed by atoms with E-state index in [0.717, 1.165) is 36.3 Å². The van der Waals surface area contributed by atoms with E-state index in [-0.39, 0.29) is 18.4 Å². The number of carbonyl (C=O) groups excluding carboxylic acids is 2. The number of ether oxygens (including phenoxy) is 2. The largest absolute Gasteiger partial charge is 0.497 e. The van der Waals surface area contributed by atoms with Crippen LogP contribution in [0.25, 0.3) is 0 Å². The molecule has 132 valence electrons. The number of rotatable bonds is 7. The Morgan fingerprint density at radius 3 is 2.79 bits per heavy atom. The van der Waals surface area contributed by atoms with Gasteiger partial charge in [-0.15, -0.1) is 0 Å². The number of hydrogen-bond acceptors (Lipinski definition) is 4. The van der Waals surface area contributed by atoms with Gasteiger partial charge >= 0.3 is 0 Å². The Morgan fingerprint density at radius 2 is 2.04 bits per heavy atom. The zero-order chi connectivity index (χ0) is 17.4. The molecule has 1 aliphatic rings. The van der Waals surface area contributed by atoms with E-state index in [9.17, 15) is 9.59 Å². The zero-order valence-electron chi connectivity index (χ0n) is 14.5. The number of nitrogens with zero attached hydrogens (tertiary/aromatic N) is 1. The Kier molecular flexibility index (Phi) is 6.90. The van der Waals surface area contributed by atoms with E-state index in [1.54, 1.807) is 19.1 Å². The van der Waals surface area contributed by atoms with Crippen LogP contribution in [0.4, 0.5) is 0 Å². The van der Waals surface area contributed by atoms with Crippen LogP contribution < -0.4 is 14.8 Å². The van der Waals surface area contributed by atoms with E-state index in [0.29, 0.717) is 25.9 Å². The number of amides is 2. The van der Waals surface area contributed by atoms with Gasteiger partial charge in [-0.2, -0.15) is 0 Å². The van der Waals surface area contributed by atoms with Crippen LogP contribution in [-0.4, -0.2) is 50.6 Å². The van der Waals surface area contributed by atoms with Crippen LogP contribution in [0.1, 0.15) is 31.2 Å². The van der Waals surface area contributed by atoms with Crippen LogP contribution in [0.2, 0.25) is 0 Å². The number of hydrogen-bond donors (Lipinski definition) is 1. The lowest BCUT2D eigenvalue weighted by atomic mass is 10.1. The number of carbonyl (C=O) groups is 2. The van der Waals surface area contributed by atoms with Gasteiger partial charge in [-0.3, -0.25) is 9.59 Å². The first-order valence-electron chi connectivity index (χ1n) is 8.39. The van der Waals surface area contributed by atoms with Crippen molar-refractivity contribution in [3.05, 3.63) is 23.8 Å². The lowest BCUT2D eigenvalue weighted by Crippen LogP contribution is -2.41. The standard InChI is InChI=1S/C18H26N2O4/c1-23-15-7-8-16(24-2)14(12-15)9-10-19-17(21)13-20-11-5-3-4-6-18(20)22/h7-8,12H,3-6,9-11,13H2,1-2H3,(H,19,21). The van der Waals surface area contributed by atoms with Gasteiger partial charge in [0.1, 0.15) is 11.5 Å². The van der Waals surface area contributed by atoms with Gasteiger partial charge in [0, 0.05) is 19.5 Å². The second-order valence-corrected chi connectivity index (χ2v) is 5.90. The first-order valence-corrected chi connectivity index (χ1v) is 8.39. The van der Waals surface area contributed by atoms with Gasteiger partial charge in [0.05, 0.1) is 20.8 Å².